The zero-order chi connectivity index (χ0) is 19.1. The molecule has 0 fully saturated rings. The number of benzene rings is 1. The monoisotopic (exact) mass is 356 g/mol. The molecular formula is C15H16N8O3. The minimum Gasteiger partial charge on any atom is -0.463 e. The molecule has 1 aliphatic rings. The van der Waals surface area contributed by atoms with Crippen LogP contribution >= 0.6 is 0 Å². The Bertz CT molecular complexity index is 807. The van der Waals surface area contributed by atoms with Gasteiger partial charge in [0.05, 0.1) is 18.2 Å². The lowest BCUT2D eigenvalue weighted by molar-refractivity contribution is -0.139. The van der Waals surface area contributed by atoms with Crippen LogP contribution < -0.4 is 5.32 Å². The average molecular weight is 356 g/mol. The number of likely N-dealkylation sites (N-methyl/N-ethyl adjacent to an activating group) is 1. The fraction of sp³-hybridized carbons (Fsp3) is 0.333. The quantitative estimate of drug-likeness (QED) is 0.360. The van der Waals surface area contributed by atoms with E-state index in [-0.39, 0.29) is 17.9 Å². The van der Waals surface area contributed by atoms with E-state index in [0.717, 1.165) is 4.90 Å². The van der Waals surface area contributed by atoms with E-state index < -0.39 is 24.2 Å². The average Bonchev–Trinajstić information content (AvgIpc) is 2.64. The Hall–Kier alpha value is -3.68. The van der Waals surface area contributed by atoms with Crippen LogP contribution in [0.25, 0.3) is 20.9 Å². The number of carbonyl (C=O) groups is 2. The summed E-state index contributed by atoms with van der Waals surface area (Å²) in [6.45, 7) is 1.74. The van der Waals surface area contributed by atoms with Crippen LogP contribution in [0.5, 0.6) is 0 Å². The molecule has 11 heteroatoms. The predicted molar refractivity (Wildman–Crippen MR) is 91.2 cm³/mol. The lowest BCUT2D eigenvalue weighted by Gasteiger charge is -2.35. The number of hydrogen-bond donors (Lipinski definition) is 1. The predicted octanol–water partition coefficient (Wildman–Crippen LogP) is 3.15. The lowest BCUT2D eigenvalue weighted by atomic mass is 9.94. The molecule has 0 aliphatic carbocycles. The summed E-state index contributed by atoms with van der Waals surface area (Å²) in [5, 5.41) is 9.53. The standard InChI is InChI=1S/C15H16N8O3/c1-3-26-14(24)10-11(9-7-5-4-6-8-9)18-15(25)23(2)12(10)13(19-21-16)20-22-17/h4-8,11,13H,3H2,1-2H3,(H,18,25). The summed E-state index contributed by atoms with van der Waals surface area (Å²) in [4.78, 5) is 31.4. The zero-order valence-electron chi connectivity index (χ0n) is 14.1. The van der Waals surface area contributed by atoms with Gasteiger partial charge in [-0.2, -0.15) is 0 Å². The first-order valence-electron chi connectivity index (χ1n) is 7.63. The van der Waals surface area contributed by atoms with Gasteiger partial charge in [-0.05, 0) is 23.5 Å². The zero-order valence-corrected chi connectivity index (χ0v) is 14.1. The Balaban J connectivity index is 2.76. The number of rotatable bonds is 6. The molecule has 1 aromatic carbocycles. The van der Waals surface area contributed by atoms with E-state index in [9.17, 15) is 9.59 Å². The summed E-state index contributed by atoms with van der Waals surface area (Å²) in [6.07, 6.45) is -1.42. The molecule has 0 aromatic heterocycles. The highest BCUT2D eigenvalue weighted by atomic mass is 16.5. The first-order chi connectivity index (χ1) is 12.5. The highest BCUT2D eigenvalue weighted by molar-refractivity contribution is 5.95. The van der Waals surface area contributed by atoms with Gasteiger partial charge in [0.25, 0.3) is 0 Å². The Morgan fingerprint density at radius 2 is 1.92 bits per heavy atom. The largest absolute Gasteiger partial charge is 0.463 e. The van der Waals surface area contributed by atoms with Gasteiger partial charge >= 0.3 is 12.0 Å². The fourth-order valence-electron chi connectivity index (χ4n) is 2.60. The van der Waals surface area contributed by atoms with E-state index in [2.05, 4.69) is 25.4 Å². The summed E-state index contributed by atoms with van der Waals surface area (Å²) >= 11 is 0. The molecule has 1 atom stereocenters. The molecule has 1 heterocycles. The molecule has 0 spiro atoms. The van der Waals surface area contributed by atoms with Gasteiger partial charge < -0.3 is 15.0 Å². The molecule has 1 N–H and O–H groups in total. The molecule has 0 saturated heterocycles. The number of nitrogens with one attached hydrogen (secondary N) is 1. The van der Waals surface area contributed by atoms with Gasteiger partial charge in [0.2, 0.25) is 0 Å². The molecular weight excluding hydrogens is 340 g/mol. The van der Waals surface area contributed by atoms with Crippen molar-refractivity contribution in [3.63, 3.8) is 0 Å². The summed E-state index contributed by atoms with van der Waals surface area (Å²) < 4.78 is 5.11. The minimum absolute atomic E-state index is 0.0309. The van der Waals surface area contributed by atoms with Crippen molar-refractivity contribution >= 4 is 12.0 Å². The van der Waals surface area contributed by atoms with Crippen LogP contribution in [-0.4, -0.2) is 36.7 Å². The summed E-state index contributed by atoms with van der Waals surface area (Å²) in [5.41, 5.74) is 18.2. The van der Waals surface area contributed by atoms with Gasteiger partial charge in [-0.15, -0.1) is 0 Å². The fourth-order valence-corrected chi connectivity index (χ4v) is 2.60. The maximum absolute atomic E-state index is 12.6. The molecule has 0 bridgehead atoms. The SMILES string of the molecule is CCOC(=O)C1=C(C(N=[N+]=[N-])N=[N+]=[N-])N(C)C(=O)NC1c1ccccc1. The van der Waals surface area contributed by atoms with Crippen molar-refractivity contribution in [2.24, 2.45) is 10.2 Å². The molecule has 134 valence electrons. The number of ether oxygens (including phenoxy) is 1. The second-order valence-electron chi connectivity index (χ2n) is 5.16. The van der Waals surface area contributed by atoms with Crippen LogP contribution in [0.2, 0.25) is 0 Å². The summed E-state index contributed by atoms with van der Waals surface area (Å²) in [6, 6.07) is 7.35. The Morgan fingerprint density at radius 3 is 2.46 bits per heavy atom. The summed E-state index contributed by atoms with van der Waals surface area (Å²) in [5.74, 6) is -0.713. The Morgan fingerprint density at radius 1 is 1.31 bits per heavy atom. The van der Waals surface area contributed by atoms with Crippen molar-refractivity contribution in [1.29, 1.82) is 0 Å². The molecule has 1 aromatic rings. The van der Waals surface area contributed by atoms with Crippen molar-refractivity contribution in [3.8, 4) is 0 Å². The van der Waals surface area contributed by atoms with Crippen molar-refractivity contribution in [3.05, 3.63) is 68.1 Å². The van der Waals surface area contributed by atoms with E-state index in [1.165, 1.54) is 7.05 Å². The smallest absolute Gasteiger partial charge is 0.338 e. The van der Waals surface area contributed by atoms with Crippen molar-refractivity contribution in [1.82, 2.24) is 10.2 Å². The minimum atomic E-state index is -1.42. The van der Waals surface area contributed by atoms with Gasteiger partial charge in [0.15, 0.2) is 6.17 Å². The normalized spacial score (nSPS) is 17.5. The van der Waals surface area contributed by atoms with Crippen molar-refractivity contribution in [2.75, 3.05) is 13.7 Å². The number of nitrogens with zero attached hydrogens (tertiary/aromatic N) is 7. The van der Waals surface area contributed by atoms with Crippen LogP contribution in [0.3, 0.4) is 0 Å². The second kappa shape index (κ2) is 8.43. The number of azide groups is 1. The topological polar surface area (TPSA) is 156 Å². The number of urea groups is 1. The molecule has 1 aliphatic heterocycles. The second-order valence-corrected chi connectivity index (χ2v) is 5.16. The Labute approximate surface area is 148 Å². The van der Waals surface area contributed by atoms with Crippen LogP contribution in [0.4, 0.5) is 4.79 Å². The van der Waals surface area contributed by atoms with Crippen molar-refractivity contribution < 1.29 is 14.3 Å². The van der Waals surface area contributed by atoms with E-state index in [1.807, 2.05) is 0 Å². The lowest BCUT2D eigenvalue weighted by Crippen LogP contribution is -2.48. The van der Waals surface area contributed by atoms with Crippen molar-refractivity contribution in [2.45, 2.75) is 19.1 Å². The number of carbonyl (C=O) groups excluding carboxylic acids is 2. The number of esters is 1. The first-order valence-corrected chi connectivity index (χ1v) is 7.63. The van der Waals surface area contributed by atoms with Gasteiger partial charge in [-0.25, -0.2) is 9.59 Å². The molecule has 11 nitrogen and oxygen atoms in total. The van der Waals surface area contributed by atoms with Gasteiger partial charge in [0, 0.05) is 22.6 Å². The van der Waals surface area contributed by atoms with Gasteiger partial charge in [0.1, 0.15) is 0 Å². The maximum atomic E-state index is 12.6. The van der Waals surface area contributed by atoms with Crippen LogP contribution in [-0.2, 0) is 9.53 Å². The third kappa shape index (κ3) is 3.69. The molecule has 1 unspecified atom stereocenters. The van der Waals surface area contributed by atoms with E-state index >= 15 is 0 Å². The Kier molecular flexibility index (Phi) is 6.05. The number of hydrogen-bond acceptors (Lipinski definition) is 5. The highest BCUT2D eigenvalue weighted by Gasteiger charge is 2.39. The molecule has 0 saturated carbocycles. The maximum Gasteiger partial charge on any atom is 0.338 e. The van der Waals surface area contributed by atoms with E-state index in [4.69, 9.17) is 15.8 Å². The third-order valence-corrected chi connectivity index (χ3v) is 3.69. The van der Waals surface area contributed by atoms with Gasteiger partial charge in [-0.3, -0.25) is 0 Å². The van der Waals surface area contributed by atoms with Gasteiger partial charge in [-0.1, -0.05) is 40.6 Å². The third-order valence-electron chi connectivity index (χ3n) is 3.69. The molecule has 2 amide bonds. The molecule has 2 rings (SSSR count). The van der Waals surface area contributed by atoms with E-state index in [1.54, 1.807) is 37.3 Å². The summed E-state index contributed by atoms with van der Waals surface area (Å²) in [7, 11) is 1.37. The number of amides is 2. The highest BCUT2D eigenvalue weighted by Crippen LogP contribution is 2.33. The first kappa shape index (κ1) is 18.7. The van der Waals surface area contributed by atoms with Crippen LogP contribution in [0.1, 0.15) is 18.5 Å². The molecule has 26 heavy (non-hydrogen) atoms. The van der Waals surface area contributed by atoms with E-state index in [0.29, 0.717) is 5.56 Å². The van der Waals surface area contributed by atoms with Crippen LogP contribution in [0.15, 0.2) is 51.8 Å². The van der Waals surface area contributed by atoms with Crippen LogP contribution in [0, 0.1) is 0 Å². The molecule has 0 radical (unpaired) electrons.